The van der Waals surface area contributed by atoms with Crippen LogP contribution in [-0.2, 0) is 15.5 Å². The highest BCUT2D eigenvalue weighted by Gasteiger charge is 2.47. The van der Waals surface area contributed by atoms with E-state index in [9.17, 15) is 0 Å². The van der Waals surface area contributed by atoms with Crippen molar-refractivity contribution in [2.75, 3.05) is 13.2 Å². The molecule has 0 unspecified atom stereocenters. The van der Waals surface area contributed by atoms with Gasteiger partial charge in [0.05, 0.1) is 11.3 Å². The van der Waals surface area contributed by atoms with E-state index in [0.717, 1.165) is 30.9 Å². The fourth-order valence-electron chi connectivity index (χ4n) is 3.17. The second-order valence-corrected chi connectivity index (χ2v) is 9.89. The Hall–Kier alpha value is -0.805. The molecule has 0 spiro atoms. The van der Waals surface area contributed by atoms with E-state index in [1.165, 1.54) is 11.1 Å². The van der Waals surface area contributed by atoms with Crippen LogP contribution in [0.4, 0.5) is 0 Å². The lowest BCUT2D eigenvalue weighted by atomic mass is 9.78. The monoisotopic (exact) mass is 379 g/mol. The van der Waals surface area contributed by atoms with Crippen molar-refractivity contribution in [1.82, 2.24) is 0 Å². The van der Waals surface area contributed by atoms with E-state index in [2.05, 4.69) is 80.1 Å². The molecule has 0 saturated carbocycles. The van der Waals surface area contributed by atoms with Gasteiger partial charge in [0.1, 0.15) is 12.8 Å². The van der Waals surface area contributed by atoms with Crippen LogP contribution >= 0.6 is 15.8 Å². The SMILES string of the molecule is CC(C)(C)c1cc2c(c(C(C)(C)C)c1)O[B@-]1(Br)OCCC[N+]1=C2. The number of benzene rings is 1. The van der Waals surface area contributed by atoms with Crippen LogP contribution < -0.4 is 4.65 Å². The molecule has 5 heteroatoms. The molecule has 1 atom stereocenters. The van der Waals surface area contributed by atoms with Crippen molar-refractivity contribution in [3.63, 3.8) is 0 Å². The topological polar surface area (TPSA) is 21.5 Å². The quantitative estimate of drug-likeness (QED) is 0.624. The summed E-state index contributed by atoms with van der Waals surface area (Å²) in [5.41, 5.74) is 2.26. The van der Waals surface area contributed by atoms with Gasteiger partial charge in [-0.3, -0.25) is 0 Å². The van der Waals surface area contributed by atoms with E-state index in [-0.39, 0.29) is 10.8 Å². The average Bonchev–Trinajstić information content (AvgIpc) is 2.41. The van der Waals surface area contributed by atoms with Gasteiger partial charge >= 0.3 is 5.51 Å². The molecule has 3 nitrogen and oxygen atoms in total. The summed E-state index contributed by atoms with van der Waals surface area (Å²) in [5, 5.41) is 0. The van der Waals surface area contributed by atoms with Crippen LogP contribution in [0.5, 0.6) is 5.75 Å². The van der Waals surface area contributed by atoms with Crippen molar-refractivity contribution in [2.45, 2.75) is 58.8 Å². The molecule has 2 aliphatic rings. The van der Waals surface area contributed by atoms with E-state index >= 15 is 0 Å². The Labute approximate surface area is 148 Å². The first kappa shape index (κ1) is 17.0. The Bertz CT molecular complexity index is 673. The van der Waals surface area contributed by atoms with Gasteiger partial charge in [-0.1, -0.05) is 47.6 Å². The molecular weight excluding hydrogens is 353 g/mol. The van der Waals surface area contributed by atoms with E-state index in [0.29, 0.717) is 0 Å². The zero-order valence-electron chi connectivity index (χ0n) is 15.1. The highest BCUT2D eigenvalue weighted by molar-refractivity contribution is 9.25. The van der Waals surface area contributed by atoms with Crippen molar-refractivity contribution in [2.24, 2.45) is 0 Å². The highest BCUT2D eigenvalue weighted by Crippen LogP contribution is 2.41. The summed E-state index contributed by atoms with van der Waals surface area (Å²) < 4.78 is 14.5. The molecule has 1 aromatic rings. The molecule has 1 saturated heterocycles. The molecule has 3 rings (SSSR count). The van der Waals surface area contributed by atoms with Crippen molar-refractivity contribution in [1.29, 1.82) is 0 Å². The fraction of sp³-hybridized carbons (Fsp3) is 0.611. The highest BCUT2D eigenvalue weighted by atomic mass is 79.9. The Balaban J connectivity index is 2.23. The number of nitrogens with zero attached hydrogens (tertiary/aromatic N) is 1. The predicted octanol–water partition coefficient (Wildman–Crippen LogP) is 4.36. The van der Waals surface area contributed by atoms with Crippen LogP contribution in [0.15, 0.2) is 12.1 Å². The van der Waals surface area contributed by atoms with Crippen LogP contribution in [0.3, 0.4) is 0 Å². The number of fused-ring (bicyclic) bond motifs is 2. The van der Waals surface area contributed by atoms with E-state index < -0.39 is 5.51 Å². The van der Waals surface area contributed by atoms with Gasteiger partial charge in [-0.25, -0.2) is 0 Å². The van der Waals surface area contributed by atoms with Gasteiger partial charge in [0, 0.05) is 13.0 Å². The smallest absolute Gasteiger partial charge is 0.624 e. The summed E-state index contributed by atoms with van der Waals surface area (Å²) >= 11 is 3.71. The van der Waals surface area contributed by atoms with Crippen LogP contribution in [0, 0.1) is 0 Å². The molecule has 0 aromatic heterocycles. The Morgan fingerprint density at radius 1 is 1.09 bits per heavy atom. The summed E-state index contributed by atoms with van der Waals surface area (Å²) in [6, 6.07) is 4.57. The van der Waals surface area contributed by atoms with Crippen molar-refractivity contribution in [3.05, 3.63) is 28.8 Å². The average molecular weight is 380 g/mol. The van der Waals surface area contributed by atoms with Gasteiger partial charge in [-0.2, -0.15) is 15.8 Å². The molecule has 0 N–H and O–H groups in total. The van der Waals surface area contributed by atoms with Crippen molar-refractivity contribution >= 4 is 27.5 Å². The maximum Gasteiger partial charge on any atom is 0.659 e. The van der Waals surface area contributed by atoms with E-state index in [1.54, 1.807) is 0 Å². The van der Waals surface area contributed by atoms with Gasteiger partial charge in [-0.05, 0) is 28.0 Å². The molecule has 0 amide bonds. The van der Waals surface area contributed by atoms with Crippen LogP contribution in [-0.4, -0.2) is 29.4 Å². The zero-order valence-corrected chi connectivity index (χ0v) is 16.7. The maximum absolute atomic E-state index is 6.40. The summed E-state index contributed by atoms with van der Waals surface area (Å²) in [4.78, 5) is 0. The second kappa shape index (κ2) is 5.35. The summed E-state index contributed by atoms with van der Waals surface area (Å²) in [7, 11) is 0. The van der Waals surface area contributed by atoms with Gasteiger partial charge in [0.15, 0.2) is 0 Å². The minimum atomic E-state index is -1.59. The number of halogens is 1. The number of rotatable bonds is 0. The largest absolute Gasteiger partial charge is 0.659 e. The molecule has 2 heterocycles. The fourth-order valence-corrected chi connectivity index (χ4v) is 3.87. The molecule has 126 valence electrons. The lowest BCUT2D eigenvalue weighted by Gasteiger charge is -2.42. The molecule has 0 bridgehead atoms. The van der Waals surface area contributed by atoms with Gasteiger partial charge < -0.3 is 13.8 Å². The Morgan fingerprint density at radius 2 is 1.78 bits per heavy atom. The lowest BCUT2D eigenvalue weighted by molar-refractivity contribution is -0.435. The molecule has 0 aliphatic carbocycles. The van der Waals surface area contributed by atoms with E-state index in [4.69, 9.17) is 9.31 Å². The third-order valence-electron chi connectivity index (χ3n) is 4.64. The van der Waals surface area contributed by atoms with Crippen LogP contribution in [0.25, 0.3) is 0 Å². The Morgan fingerprint density at radius 3 is 2.39 bits per heavy atom. The standard InChI is InChI=1S/C18H27BBrNO2/c1-17(2,3)14-10-13-12-21-8-7-9-22-19(21,20)23-16(13)15(11-14)18(4,5)6/h10-12H,7-9H2,1-6H3/t19-/m0/s1. The summed E-state index contributed by atoms with van der Waals surface area (Å²) in [6.07, 6.45) is 3.23. The maximum atomic E-state index is 6.40. The number of hydrogen-bond acceptors (Lipinski definition) is 2. The molecule has 2 aliphatic heterocycles. The summed E-state index contributed by atoms with van der Waals surface area (Å²) in [6.45, 7) is 15.2. The third kappa shape index (κ3) is 3.10. The van der Waals surface area contributed by atoms with Gasteiger partial charge in [0.2, 0.25) is 0 Å². The van der Waals surface area contributed by atoms with Crippen molar-refractivity contribution < 1.29 is 13.8 Å². The normalized spacial score (nSPS) is 24.4. The van der Waals surface area contributed by atoms with Crippen molar-refractivity contribution in [3.8, 4) is 5.75 Å². The first-order valence-electron chi connectivity index (χ1n) is 8.46. The van der Waals surface area contributed by atoms with Crippen LogP contribution in [0.2, 0.25) is 0 Å². The van der Waals surface area contributed by atoms with E-state index in [1.807, 2.05) is 0 Å². The molecule has 1 aromatic carbocycles. The minimum absolute atomic E-state index is 0.00939. The third-order valence-corrected chi connectivity index (χ3v) is 5.62. The molecule has 1 fully saturated rings. The molecular formula is C18H27BBrNO2. The van der Waals surface area contributed by atoms with Gasteiger partial charge in [-0.15, -0.1) is 0 Å². The number of hydrogen-bond donors (Lipinski definition) is 0. The molecule has 23 heavy (non-hydrogen) atoms. The molecule has 0 radical (unpaired) electrons. The zero-order chi connectivity index (χ0) is 17.0. The Kier molecular flexibility index (Phi) is 3.96. The first-order chi connectivity index (χ1) is 10.5. The second-order valence-electron chi connectivity index (χ2n) is 8.73. The predicted molar refractivity (Wildman–Crippen MR) is 100 cm³/mol. The lowest BCUT2D eigenvalue weighted by Crippen LogP contribution is -2.57. The first-order valence-corrected chi connectivity index (χ1v) is 9.37. The van der Waals surface area contributed by atoms with Gasteiger partial charge in [0.25, 0.3) is 0 Å². The van der Waals surface area contributed by atoms with Crippen LogP contribution in [0.1, 0.15) is 64.7 Å². The summed E-state index contributed by atoms with van der Waals surface area (Å²) in [5.74, 6) is 0.959. The minimum Gasteiger partial charge on any atom is -0.624 e.